The Balaban J connectivity index is 2.40. The van der Waals surface area contributed by atoms with Crippen LogP contribution in [0.1, 0.15) is 18.3 Å². The number of halogens is 3. The minimum atomic E-state index is -0.427. The predicted molar refractivity (Wildman–Crippen MR) is 72.6 cm³/mol. The summed E-state index contributed by atoms with van der Waals surface area (Å²) in [4.78, 5) is 8.35. The predicted octanol–water partition coefficient (Wildman–Crippen LogP) is 4.59. The third-order valence-electron chi connectivity index (χ3n) is 2.50. The first-order chi connectivity index (χ1) is 9.01. The first-order valence-corrected chi connectivity index (χ1v) is 6.42. The molecule has 0 aliphatic heterocycles. The van der Waals surface area contributed by atoms with Gasteiger partial charge in [-0.05, 0) is 25.1 Å². The van der Waals surface area contributed by atoms with Crippen LogP contribution in [-0.4, -0.2) is 9.97 Å². The molecule has 0 bridgehead atoms. The van der Waals surface area contributed by atoms with Gasteiger partial charge in [0.1, 0.15) is 22.5 Å². The Morgan fingerprint density at radius 1 is 1.26 bits per heavy atom. The van der Waals surface area contributed by atoms with Crippen molar-refractivity contribution in [2.24, 2.45) is 0 Å². The molecule has 1 aromatic carbocycles. The van der Waals surface area contributed by atoms with Crippen molar-refractivity contribution < 1.29 is 9.13 Å². The van der Waals surface area contributed by atoms with Crippen LogP contribution in [0.3, 0.4) is 0 Å². The molecule has 0 aliphatic carbocycles. The van der Waals surface area contributed by atoms with E-state index in [9.17, 15) is 4.39 Å². The fraction of sp³-hybridized carbons (Fsp3) is 0.231. The van der Waals surface area contributed by atoms with E-state index < -0.39 is 5.82 Å². The minimum absolute atomic E-state index is 0.173. The number of hydrogen-bond acceptors (Lipinski definition) is 3. The maximum atomic E-state index is 13.0. The van der Waals surface area contributed by atoms with Crippen molar-refractivity contribution in [2.75, 3.05) is 0 Å². The fourth-order valence-electron chi connectivity index (χ4n) is 1.43. The first-order valence-electron chi connectivity index (χ1n) is 5.67. The molecule has 0 atom stereocenters. The summed E-state index contributed by atoms with van der Waals surface area (Å²) < 4.78 is 18.5. The zero-order chi connectivity index (χ0) is 14.0. The first kappa shape index (κ1) is 14.0. The Hall–Kier alpha value is -1.39. The minimum Gasteiger partial charge on any atom is -0.437 e. The largest absolute Gasteiger partial charge is 0.437 e. The second kappa shape index (κ2) is 5.72. The van der Waals surface area contributed by atoms with Gasteiger partial charge in [-0.15, -0.1) is 0 Å². The monoisotopic (exact) mass is 300 g/mol. The topological polar surface area (TPSA) is 35.0 Å². The highest BCUT2D eigenvalue weighted by Gasteiger charge is 2.12. The van der Waals surface area contributed by atoms with Crippen LogP contribution in [0.25, 0.3) is 0 Å². The van der Waals surface area contributed by atoms with Crippen LogP contribution in [-0.2, 0) is 6.42 Å². The standard InChI is InChI=1S/C13H11Cl2FN2O/c1-3-11-17-12(15)7(2)13(18-11)19-10-5-4-8(16)6-9(10)14/h4-6H,3H2,1-2H3. The van der Waals surface area contributed by atoms with Crippen molar-refractivity contribution in [3.63, 3.8) is 0 Å². The summed E-state index contributed by atoms with van der Waals surface area (Å²) in [5.74, 6) is 0.793. The van der Waals surface area contributed by atoms with E-state index in [0.717, 1.165) is 0 Å². The van der Waals surface area contributed by atoms with Gasteiger partial charge >= 0.3 is 0 Å². The molecule has 2 aromatic rings. The molecule has 6 heteroatoms. The summed E-state index contributed by atoms with van der Waals surface area (Å²) in [7, 11) is 0. The average molecular weight is 301 g/mol. The lowest BCUT2D eigenvalue weighted by Gasteiger charge is -2.11. The Kier molecular flexibility index (Phi) is 4.22. The van der Waals surface area contributed by atoms with E-state index in [-0.39, 0.29) is 5.02 Å². The van der Waals surface area contributed by atoms with E-state index >= 15 is 0 Å². The Morgan fingerprint density at radius 3 is 2.63 bits per heavy atom. The van der Waals surface area contributed by atoms with Gasteiger partial charge in [0.2, 0.25) is 5.88 Å². The molecular weight excluding hydrogens is 290 g/mol. The smallest absolute Gasteiger partial charge is 0.227 e. The third-order valence-corrected chi connectivity index (χ3v) is 3.17. The van der Waals surface area contributed by atoms with Crippen molar-refractivity contribution in [3.05, 3.63) is 45.6 Å². The van der Waals surface area contributed by atoms with Crippen LogP contribution in [0.2, 0.25) is 10.2 Å². The van der Waals surface area contributed by atoms with Crippen LogP contribution < -0.4 is 4.74 Å². The maximum Gasteiger partial charge on any atom is 0.227 e. The molecule has 100 valence electrons. The normalized spacial score (nSPS) is 10.6. The molecule has 3 nitrogen and oxygen atoms in total. The Labute approximate surface area is 120 Å². The lowest BCUT2D eigenvalue weighted by atomic mass is 10.3. The van der Waals surface area contributed by atoms with Gasteiger partial charge in [0.05, 0.1) is 5.02 Å². The highest BCUT2D eigenvalue weighted by molar-refractivity contribution is 6.32. The lowest BCUT2D eigenvalue weighted by Crippen LogP contribution is -2.00. The molecule has 19 heavy (non-hydrogen) atoms. The number of ether oxygens (including phenoxy) is 1. The summed E-state index contributed by atoms with van der Waals surface area (Å²) >= 11 is 11.9. The molecule has 0 unspecified atom stereocenters. The van der Waals surface area contributed by atoms with Crippen LogP contribution >= 0.6 is 23.2 Å². The van der Waals surface area contributed by atoms with Crippen molar-refractivity contribution in [1.29, 1.82) is 0 Å². The summed E-state index contributed by atoms with van der Waals surface area (Å²) in [6.45, 7) is 3.66. The molecule has 0 N–H and O–H groups in total. The molecule has 1 aromatic heterocycles. The number of rotatable bonds is 3. The van der Waals surface area contributed by atoms with Crippen molar-refractivity contribution in [3.8, 4) is 11.6 Å². The molecule has 0 radical (unpaired) electrons. The fourth-order valence-corrected chi connectivity index (χ4v) is 1.82. The highest BCUT2D eigenvalue weighted by Crippen LogP contribution is 2.32. The second-order valence-corrected chi connectivity index (χ2v) is 4.66. The van der Waals surface area contributed by atoms with Gasteiger partial charge in [-0.2, -0.15) is 4.98 Å². The molecule has 1 heterocycles. The van der Waals surface area contributed by atoms with Crippen LogP contribution in [0, 0.1) is 12.7 Å². The van der Waals surface area contributed by atoms with E-state index in [4.69, 9.17) is 27.9 Å². The van der Waals surface area contributed by atoms with E-state index in [2.05, 4.69) is 9.97 Å². The Morgan fingerprint density at radius 2 is 2.00 bits per heavy atom. The molecule has 0 saturated carbocycles. The van der Waals surface area contributed by atoms with E-state index in [1.54, 1.807) is 6.92 Å². The number of aryl methyl sites for hydroxylation is 1. The number of benzene rings is 1. The zero-order valence-corrected chi connectivity index (χ0v) is 11.9. The third kappa shape index (κ3) is 3.14. The summed E-state index contributed by atoms with van der Waals surface area (Å²) in [6.07, 6.45) is 0.632. The van der Waals surface area contributed by atoms with Gasteiger partial charge in [-0.1, -0.05) is 30.1 Å². The van der Waals surface area contributed by atoms with E-state index in [1.165, 1.54) is 18.2 Å². The van der Waals surface area contributed by atoms with Gasteiger partial charge in [0, 0.05) is 12.0 Å². The molecule has 0 spiro atoms. The summed E-state index contributed by atoms with van der Waals surface area (Å²) in [6, 6.07) is 3.88. The number of nitrogens with zero attached hydrogens (tertiary/aromatic N) is 2. The summed E-state index contributed by atoms with van der Waals surface area (Å²) in [5, 5.41) is 0.507. The highest BCUT2D eigenvalue weighted by atomic mass is 35.5. The molecule has 0 amide bonds. The second-order valence-electron chi connectivity index (χ2n) is 3.89. The SMILES string of the molecule is CCc1nc(Cl)c(C)c(Oc2ccc(F)cc2Cl)n1. The molecule has 0 saturated heterocycles. The number of hydrogen-bond donors (Lipinski definition) is 0. The van der Waals surface area contributed by atoms with Gasteiger partial charge < -0.3 is 4.74 Å². The zero-order valence-electron chi connectivity index (χ0n) is 10.4. The van der Waals surface area contributed by atoms with Crippen molar-refractivity contribution in [1.82, 2.24) is 9.97 Å². The molecular formula is C13H11Cl2FN2O. The lowest BCUT2D eigenvalue weighted by molar-refractivity contribution is 0.453. The quantitative estimate of drug-likeness (QED) is 0.778. The van der Waals surface area contributed by atoms with Crippen molar-refractivity contribution in [2.45, 2.75) is 20.3 Å². The van der Waals surface area contributed by atoms with Gasteiger partial charge in [0.25, 0.3) is 0 Å². The van der Waals surface area contributed by atoms with E-state index in [1.807, 2.05) is 6.92 Å². The average Bonchev–Trinajstić information content (AvgIpc) is 2.37. The molecule has 0 aliphatic rings. The van der Waals surface area contributed by atoms with Crippen LogP contribution in [0.4, 0.5) is 4.39 Å². The van der Waals surface area contributed by atoms with Crippen molar-refractivity contribution >= 4 is 23.2 Å². The van der Waals surface area contributed by atoms with Gasteiger partial charge in [0.15, 0.2) is 0 Å². The number of aromatic nitrogens is 2. The van der Waals surface area contributed by atoms with Gasteiger partial charge in [-0.3, -0.25) is 0 Å². The van der Waals surface area contributed by atoms with Crippen LogP contribution in [0.15, 0.2) is 18.2 Å². The maximum absolute atomic E-state index is 13.0. The van der Waals surface area contributed by atoms with Crippen LogP contribution in [0.5, 0.6) is 11.6 Å². The molecule has 0 fully saturated rings. The summed E-state index contributed by atoms with van der Waals surface area (Å²) in [5.41, 5.74) is 0.610. The van der Waals surface area contributed by atoms with E-state index in [0.29, 0.717) is 34.6 Å². The Bertz CT molecular complexity index is 620. The molecule has 2 rings (SSSR count). The van der Waals surface area contributed by atoms with Gasteiger partial charge in [-0.25, -0.2) is 9.37 Å².